The number of thiol groups is 1. The lowest BCUT2D eigenvalue weighted by Gasteiger charge is -1.70. The molecule has 0 saturated carbocycles. The van der Waals surface area contributed by atoms with E-state index in [9.17, 15) is 8.78 Å². The van der Waals surface area contributed by atoms with Crippen LogP contribution < -0.4 is 0 Å². The van der Waals surface area contributed by atoms with E-state index in [1.807, 2.05) is 0 Å². The molecule has 0 bridgehead atoms. The van der Waals surface area contributed by atoms with Crippen LogP contribution in [-0.4, -0.2) is 8.42 Å². The summed E-state index contributed by atoms with van der Waals surface area (Å²) in [6, 6.07) is 0. The molecule has 0 fully saturated rings. The molecule has 0 rings (SSSR count). The molecule has 0 N–H and O–H groups in total. The lowest BCUT2D eigenvalue weighted by Crippen LogP contribution is -1.77. The van der Waals surface area contributed by atoms with Gasteiger partial charge in [0.15, 0.2) is 0 Å². The Morgan fingerprint density at radius 1 is 1.33 bits per heavy atom. The molecule has 0 aromatic rings. The van der Waals surface area contributed by atoms with Crippen molar-refractivity contribution in [3.05, 3.63) is 5.76 Å². The predicted octanol–water partition coefficient (Wildman–Crippen LogP) is -0.0162. The van der Waals surface area contributed by atoms with Crippen molar-refractivity contribution >= 4 is 10.7 Å². The van der Waals surface area contributed by atoms with E-state index in [1.165, 1.54) is 0 Å². The Morgan fingerprint density at radius 2 is 1.50 bits per heavy atom. The standard InChI is InChI=1S/CHF2O2S/c2-1(3)6(4)5/h6H. The van der Waals surface area contributed by atoms with Crippen LogP contribution in [0.1, 0.15) is 0 Å². The normalized spacial score (nSPS) is 10.7. The van der Waals surface area contributed by atoms with Crippen LogP contribution in [0.2, 0.25) is 0 Å². The molecule has 6 heavy (non-hydrogen) atoms. The fourth-order valence-corrected chi connectivity index (χ4v) is 0. The third-order valence-corrected chi connectivity index (χ3v) is 0.414. The van der Waals surface area contributed by atoms with E-state index in [4.69, 9.17) is 8.42 Å². The molecule has 0 aliphatic rings. The number of halogens is 2. The predicted molar refractivity (Wildman–Crippen MR) is 15.8 cm³/mol. The average molecular weight is 115 g/mol. The van der Waals surface area contributed by atoms with E-state index < -0.39 is 16.5 Å². The first kappa shape index (κ1) is 5.81. The Morgan fingerprint density at radius 3 is 1.50 bits per heavy atom. The Bertz CT molecular complexity index is 87.7. The molecule has 0 saturated heterocycles. The van der Waals surface area contributed by atoms with Crippen molar-refractivity contribution in [1.29, 1.82) is 0 Å². The molecule has 0 aromatic heterocycles. The average Bonchev–Trinajstić information content (AvgIpc) is 1.36. The van der Waals surface area contributed by atoms with Crippen LogP contribution >= 0.6 is 0 Å². The Hall–Kier alpha value is -0.190. The van der Waals surface area contributed by atoms with E-state index in [-0.39, 0.29) is 0 Å². The van der Waals surface area contributed by atoms with Crippen LogP contribution in [0.25, 0.3) is 0 Å². The van der Waals surface area contributed by atoms with Gasteiger partial charge in [-0.3, -0.25) is 0 Å². The largest absolute Gasteiger partial charge is 0.419 e. The lowest BCUT2D eigenvalue weighted by atomic mass is 11.7. The van der Waals surface area contributed by atoms with Crippen molar-refractivity contribution in [2.45, 2.75) is 0 Å². The molecule has 0 heterocycles. The molecule has 0 aliphatic heterocycles. The van der Waals surface area contributed by atoms with Gasteiger partial charge in [-0.2, -0.15) is 8.78 Å². The van der Waals surface area contributed by atoms with Crippen LogP contribution in [0.15, 0.2) is 0 Å². The van der Waals surface area contributed by atoms with Gasteiger partial charge < -0.3 is 0 Å². The number of hydrogen-bond acceptors (Lipinski definition) is 2. The molecule has 5 heteroatoms. The van der Waals surface area contributed by atoms with Crippen LogP contribution in [0.4, 0.5) is 8.78 Å². The van der Waals surface area contributed by atoms with Crippen LogP contribution in [0.3, 0.4) is 0 Å². The molecule has 0 unspecified atom stereocenters. The maximum absolute atomic E-state index is 10.5. The molecule has 0 spiro atoms. The Kier molecular flexibility index (Phi) is 2.00. The van der Waals surface area contributed by atoms with Gasteiger partial charge >= 0.3 is 5.76 Å². The van der Waals surface area contributed by atoms with E-state index in [0.717, 1.165) is 0 Å². The zero-order chi connectivity index (χ0) is 5.15. The van der Waals surface area contributed by atoms with Gasteiger partial charge in [0, 0.05) is 0 Å². The van der Waals surface area contributed by atoms with Crippen LogP contribution in [0, 0.1) is 5.76 Å². The minimum Gasteiger partial charge on any atom is -0.225 e. The molecule has 0 aromatic carbocycles. The highest BCUT2D eigenvalue weighted by atomic mass is 32.2. The van der Waals surface area contributed by atoms with Crippen molar-refractivity contribution in [1.82, 2.24) is 0 Å². The Labute approximate surface area is 34.7 Å². The summed E-state index contributed by atoms with van der Waals surface area (Å²) in [4.78, 5) is 0. The van der Waals surface area contributed by atoms with Gasteiger partial charge in [0.25, 0.3) is 0 Å². The van der Waals surface area contributed by atoms with Crippen molar-refractivity contribution in [3.63, 3.8) is 0 Å². The van der Waals surface area contributed by atoms with Gasteiger partial charge in [-0.15, -0.1) is 0 Å². The second kappa shape index (κ2) is 2.07. The summed E-state index contributed by atoms with van der Waals surface area (Å²) in [6.45, 7) is 0. The molecule has 1 radical (unpaired) electrons. The van der Waals surface area contributed by atoms with Crippen molar-refractivity contribution in [2.75, 3.05) is 0 Å². The topological polar surface area (TPSA) is 34.1 Å². The first-order valence-corrected chi connectivity index (χ1v) is 2.14. The zero-order valence-electron chi connectivity index (χ0n) is 2.52. The minimum absolute atomic E-state index is 2.54. The fraction of sp³-hybridized carbons (Fsp3) is 0. The first-order chi connectivity index (χ1) is 2.64. The van der Waals surface area contributed by atoms with Crippen molar-refractivity contribution in [3.8, 4) is 0 Å². The van der Waals surface area contributed by atoms with E-state index in [2.05, 4.69) is 0 Å². The van der Waals surface area contributed by atoms with Gasteiger partial charge in [-0.1, -0.05) is 0 Å². The fourth-order valence-electron chi connectivity index (χ4n) is 0. The lowest BCUT2D eigenvalue weighted by molar-refractivity contribution is 0.359. The van der Waals surface area contributed by atoms with Crippen molar-refractivity contribution < 1.29 is 17.2 Å². The third kappa shape index (κ3) is 2.07. The van der Waals surface area contributed by atoms with E-state index >= 15 is 0 Å². The van der Waals surface area contributed by atoms with Crippen molar-refractivity contribution in [2.24, 2.45) is 0 Å². The van der Waals surface area contributed by atoms with Gasteiger partial charge in [0.2, 0.25) is 10.7 Å². The Balaban J connectivity index is 3.57. The van der Waals surface area contributed by atoms with Crippen LogP contribution in [-0.2, 0) is 10.7 Å². The second-order valence-electron chi connectivity index (χ2n) is 0.498. The molecule has 0 atom stereocenters. The maximum Gasteiger partial charge on any atom is 0.419 e. The monoisotopic (exact) mass is 115 g/mol. The summed E-state index contributed by atoms with van der Waals surface area (Å²) in [7, 11) is -3.58. The maximum atomic E-state index is 10.5. The van der Waals surface area contributed by atoms with E-state index in [1.54, 1.807) is 0 Å². The number of rotatable bonds is 1. The minimum atomic E-state index is -3.58. The highest BCUT2D eigenvalue weighted by molar-refractivity contribution is 7.75. The zero-order valence-corrected chi connectivity index (χ0v) is 3.41. The number of hydrogen-bond donors (Lipinski definition) is 1. The molecular formula is CHF2O2S. The molecule has 0 amide bonds. The summed E-state index contributed by atoms with van der Waals surface area (Å²) in [5.74, 6) is -2.54. The molecular weight excluding hydrogens is 114 g/mol. The van der Waals surface area contributed by atoms with E-state index in [0.29, 0.717) is 0 Å². The summed E-state index contributed by atoms with van der Waals surface area (Å²) >= 11 is 0. The molecule has 37 valence electrons. The van der Waals surface area contributed by atoms with Gasteiger partial charge in [0.1, 0.15) is 0 Å². The van der Waals surface area contributed by atoms with Gasteiger partial charge in [0.05, 0.1) is 0 Å². The summed E-state index contributed by atoms with van der Waals surface area (Å²) in [5.41, 5.74) is 0. The quantitative estimate of drug-likeness (QED) is 0.487. The highest BCUT2D eigenvalue weighted by Gasteiger charge is 2.04. The highest BCUT2D eigenvalue weighted by Crippen LogP contribution is 1.99. The molecule has 0 aliphatic carbocycles. The SMILES string of the molecule is O=[SH](=O)[C](F)F. The van der Waals surface area contributed by atoms with Crippen LogP contribution in [0.5, 0.6) is 0 Å². The summed E-state index contributed by atoms with van der Waals surface area (Å²) in [6.07, 6.45) is 0. The second-order valence-corrected chi connectivity index (χ2v) is 1.35. The third-order valence-electron chi connectivity index (χ3n) is 0.138. The van der Waals surface area contributed by atoms with Gasteiger partial charge in [-0.25, -0.2) is 8.42 Å². The first-order valence-electron chi connectivity index (χ1n) is 0.967. The smallest absolute Gasteiger partial charge is 0.225 e. The summed E-state index contributed by atoms with van der Waals surface area (Å²) < 4.78 is 38.9. The molecule has 2 nitrogen and oxygen atoms in total. The summed E-state index contributed by atoms with van der Waals surface area (Å²) in [5, 5.41) is 0. The van der Waals surface area contributed by atoms with Gasteiger partial charge in [-0.05, 0) is 0 Å².